The van der Waals surface area contributed by atoms with Crippen LogP contribution in [0.1, 0.15) is 11.1 Å². The Bertz CT molecular complexity index is 913. The molecule has 28 heavy (non-hydrogen) atoms. The van der Waals surface area contributed by atoms with Crippen molar-refractivity contribution in [3.8, 4) is 17.2 Å². The van der Waals surface area contributed by atoms with Gasteiger partial charge in [0, 0.05) is 18.9 Å². The average molecular weight is 493 g/mol. The van der Waals surface area contributed by atoms with E-state index in [2.05, 4.69) is 15.3 Å². The van der Waals surface area contributed by atoms with Crippen LogP contribution in [0.15, 0.2) is 66.2 Å². The normalized spacial score (nSPS) is 10.9. The molecule has 0 amide bonds. The summed E-state index contributed by atoms with van der Waals surface area (Å²) in [5, 5.41) is 3.16. The molecule has 7 nitrogen and oxygen atoms in total. The van der Waals surface area contributed by atoms with E-state index >= 15 is 0 Å². The lowest BCUT2D eigenvalue weighted by atomic mass is 10.1. The number of guanidine groups is 1. The third kappa shape index (κ3) is 5.38. The van der Waals surface area contributed by atoms with Gasteiger partial charge in [0.15, 0.2) is 17.5 Å². The predicted molar refractivity (Wildman–Crippen MR) is 121 cm³/mol. The van der Waals surface area contributed by atoms with Gasteiger partial charge >= 0.3 is 0 Å². The van der Waals surface area contributed by atoms with Gasteiger partial charge in [-0.05, 0) is 29.3 Å². The number of rotatable bonds is 7. The first-order valence-electron chi connectivity index (χ1n) is 8.52. The van der Waals surface area contributed by atoms with E-state index in [-0.39, 0.29) is 24.0 Å². The second kappa shape index (κ2) is 10.5. The zero-order valence-electron chi connectivity index (χ0n) is 15.8. The Labute approximate surface area is 181 Å². The van der Waals surface area contributed by atoms with Gasteiger partial charge in [-0.2, -0.15) is 0 Å². The Hall–Kier alpha value is -2.75. The van der Waals surface area contributed by atoms with Crippen LogP contribution < -0.4 is 20.5 Å². The van der Waals surface area contributed by atoms with Gasteiger partial charge in [0.25, 0.3) is 0 Å². The second-order valence-electron chi connectivity index (χ2n) is 5.84. The molecule has 0 atom stereocenters. The zero-order valence-corrected chi connectivity index (χ0v) is 18.2. The fraction of sp³-hybridized carbons (Fsp3) is 0.200. The first-order chi connectivity index (χ1) is 13.2. The number of nitrogens with one attached hydrogen (secondary N) is 1. The molecule has 0 radical (unpaired) electrons. The number of hydrogen-bond acceptors (Lipinski definition) is 4. The molecular formula is C20H24IN5O2. The van der Waals surface area contributed by atoms with Crippen LogP contribution in [0.4, 0.5) is 0 Å². The van der Waals surface area contributed by atoms with Gasteiger partial charge in [0.05, 0.1) is 32.8 Å². The summed E-state index contributed by atoms with van der Waals surface area (Å²) in [6.07, 6.45) is 5.43. The van der Waals surface area contributed by atoms with Crippen molar-refractivity contribution in [1.82, 2.24) is 14.9 Å². The number of aromatic nitrogens is 2. The minimum absolute atomic E-state index is 0. The van der Waals surface area contributed by atoms with E-state index < -0.39 is 0 Å². The fourth-order valence-electron chi connectivity index (χ4n) is 2.71. The summed E-state index contributed by atoms with van der Waals surface area (Å²) in [5.74, 6) is 1.74. The summed E-state index contributed by atoms with van der Waals surface area (Å²) < 4.78 is 12.5. The smallest absolute Gasteiger partial charge is 0.189 e. The molecule has 3 N–H and O–H groups in total. The average Bonchev–Trinajstić information content (AvgIpc) is 3.25. The molecule has 0 aliphatic rings. The van der Waals surface area contributed by atoms with E-state index in [4.69, 9.17) is 15.2 Å². The molecule has 148 valence electrons. The predicted octanol–water partition coefficient (Wildman–Crippen LogP) is 3.11. The van der Waals surface area contributed by atoms with Gasteiger partial charge in [0.1, 0.15) is 0 Å². The molecule has 0 spiro atoms. The number of halogens is 1. The first-order valence-corrected chi connectivity index (χ1v) is 8.52. The Morgan fingerprint density at radius 3 is 2.64 bits per heavy atom. The van der Waals surface area contributed by atoms with Crippen molar-refractivity contribution in [3.05, 3.63) is 72.3 Å². The summed E-state index contributed by atoms with van der Waals surface area (Å²) in [4.78, 5) is 8.50. The summed E-state index contributed by atoms with van der Waals surface area (Å²) >= 11 is 0. The lowest BCUT2D eigenvalue weighted by molar-refractivity contribution is 0.354. The second-order valence-corrected chi connectivity index (χ2v) is 5.84. The number of ether oxygens (including phenoxy) is 2. The molecule has 3 aromatic rings. The van der Waals surface area contributed by atoms with Gasteiger partial charge in [0.2, 0.25) is 0 Å². The van der Waals surface area contributed by atoms with Crippen LogP contribution in [0.2, 0.25) is 0 Å². The van der Waals surface area contributed by atoms with E-state index in [0.717, 1.165) is 16.8 Å². The molecule has 0 aliphatic carbocycles. The minimum Gasteiger partial charge on any atom is -0.493 e. The molecule has 0 saturated heterocycles. The van der Waals surface area contributed by atoms with E-state index in [0.29, 0.717) is 30.5 Å². The monoisotopic (exact) mass is 493 g/mol. The number of nitrogens with zero attached hydrogens (tertiary/aromatic N) is 3. The summed E-state index contributed by atoms with van der Waals surface area (Å²) in [7, 11) is 3.22. The summed E-state index contributed by atoms with van der Waals surface area (Å²) in [6.45, 7) is 1.01. The van der Waals surface area contributed by atoms with Crippen molar-refractivity contribution < 1.29 is 9.47 Å². The van der Waals surface area contributed by atoms with Gasteiger partial charge in [-0.1, -0.05) is 24.3 Å². The molecule has 8 heteroatoms. The van der Waals surface area contributed by atoms with Crippen LogP contribution >= 0.6 is 24.0 Å². The summed E-state index contributed by atoms with van der Waals surface area (Å²) in [5.41, 5.74) is 9.16. The lowest BCUT2D eigenvalue weighted by Crippen LogP contribution is -2.31. The zero-order chi connectivity index (χ0) is 19.1. The van der Waals surface area contributed by atoms with Gasteiger partial charge in [-0.25, -0.2) is 9.98 Å². The molecule has 0 bridgehead atoms. The maximum atomic E-state index is 6.03. The van der Waals surface area contributed by atoms with Gasteiger partial charge in [-0.15, -0.1) is 24.0 Å². The molecule has 0 aliphatic heterocycles. The highest BCUT2D eigenvalue weighted by Gasteiger charge is 2.06. The van der Waals surface area contributed by atoms with Crippen LogP contribution in [0, 0.1) is 0 Å². The van der Waals surface area contributed by atoms with Crippen molar-refractivity contribution in [2.75, 3.05) is 14.2 Å². The van der Waals surface area contributed by atoms with Gasteiger partial charge in [-0.3, -0.25) is 0 Å². The number of nitrogens with two attached hydrogens (primary N) is 1. The lowest BCUT2D eigenvalue weighted by Gasteiger charge is -2.12. The van der Waals surface area contributed by atoms with Crippen molar-refractivity contribution in [2.45, 2.75) is 13.1 Å². The maximum Gasteiger partial charge on any atom is 0.189 e. The molecule has 0 fully saturated rings. The van der Waals surface area contributed by atoms with Crippen LogP contribution in [-0.2, 0) is 13.1 Å². The highest BCUT2D eigenvalue weighted by molar-refractivity contribution is 14.0. The Morgan fingerprint density at radius 2 is 1.93 bits per heavy atom. The maximum absolute atomic E-state index is 6.03. The highest BCUT2D eigenvalue weighted by Crippen LogP contribution is 2.27. The number of benzene rings is 2. The topological polar surface area (TPSA) is 86.7 Å². The SMILES string of the molecule is COc1ccc(CN=C(N)NCc2ccccc2-n2ccnc2)cc1OC.I. The minimum atomic E-state index is 0. The van der Waals surface area contributed by atoms with Crippen molar-refractivity contribution in [1.29, 1.82) is 0 Å². The molecule has 3 rings (SSSR count). The highest BCUT2D eigenvalue weighted by atomic mass is 127. The van der Waals surface area contributed by atoms with Gasteiger partial charge < -0.3 is 25.1 Å². The number of aliphatic imine (C=N–C) groups is 1. The Morgan fingerprint density at radius 1 is 1.14 bits per heavy atom. The standard InChI is InChI=1S/C20H23N5O2.HI/c1-26-18-8-7-15(11-19(18)27-2)12-23-20(21)24-13-16-5-3-4-6-17(16)25-10-9-22-14-25;/h3-11,14H,12-13H2,1-2H3,(H3,21,23,24);1H. The molecular weight excluding hydrogens is 469 g/mol. The Kier molecular flexibility index (Phi) is 8.12. The van der Waals surface area contributed by atoms with Crippen LogP contribution in [0.3, 0.4) is 0 Å². The van der Waals surface area contributed by atoms with E-state index in [1.165, 1.54) is 0 Å². The molecule has 2 aromatic carbocycles. The quantitative estimate of drug-likeness (QED) is 0.300. The summed E-state index contributed by atoms with van der Waals surface area (Å²) in [6, 6.07) is 13.8. The largest absolute Gasteiger partial charge is 0.493 e. The molecule has 0 unspecified atom stereocenters. The number of hydrogen-bond donors (Lipinski definition) is 2. The molecule has 1 heterocycles. The van der Waals surface area contributed by atoms with Crippen LogP contribution in [-0.4, -0.2) is 29.7 Å². The van der Waals surface area contributed by atoms with Crippen LogP contribution in [0.5, 0.6) is 11.5 Å². The number of imidazole rings is 1. The Balaban J connectivity index is 0.00000280. The number of para-hydroxylation sites is 1. The van der Waals surface area contributed by atoms with Crippen molar-refractivity contribution >= 4 is 29.9 Å². The fourth-order valence-corrected chi connectivity index (χ4v) is 2.71. The van der Waals surface area contributed by atoms with E-state index in [1.807, 2.05) is 53.2 Å². The molecule has 1 aromatic heterocycles. The van der Waals surface area contributed by atoms with Crippen molar-refractivity contribution in [3.63, 3.8) is 0 Å². The molecule has 0 saturated carbocycles. The van der Waals surface area contributed by atoms with Crippen molar-refractivity contribution in [2.24, 2.45) is 10.7 Å². The van der Waals surface area contributed by atoms with E-state index in [1.54, 1.807) is 26.7 Å². The third-order valence-corrected chi connectivity index (χ3v) is 4.11. The van der Waals surface area contributed by atoms with Crippen LogP contribution in [0.25, 0.3) is 5.69 Å². The third-order valence-electron chi connectivity index (χ3n) is 4.11. The number of methoxy groups -OCH3 is 2. The first kappa shape index (κ1) is 21.5. The van der Waals surface area contributed by atoms with E-state index in [9.17, 15) is 0 Å².